The van der Waals surface area contributed by atoms with E-state index < -0.39 is 4.92 Å². The van der Waals surface area contributed by atoms with Gasteiger partial charge in [0.1, 0.15) is 0 Å². The van der Waals surface area contributed by atoms with Crippen molar-refractivity contribution in [2.24, 2.45) is 5.92 Å². The third-order valence-corrected chi connectivity index (χ3v) is 5.33. The van der Waals surface area contributed by atoms with Gasteiger partial charge in [-0.25, -0.2) is 0 Å². The summed E-state index contributed by atoms with van der Waals surface area (Å²) >= 11 is 0. The fraction of sp³-hybridized carbons (Fsp3) is 0.409. The molecule has 1 aliphatic rings. The molecule has 1 heterocycles. The predicted molar refractivity (Wildman–Crippen MR) is 110 cm³/mol. The van der Waals surface area contributed by atoms with Gasteiger partial charge in [0.25, 0.3) is 5.69 Å². The zero-order chi connectivity index (χ0) is 20.1. The van der Waals surface area contributed by atoms with E-state index in [9.17, 15) is 14.9 Å². The molecule has 1 saturated heterocycles. The number of nitro groups is 1. The van der Waals surface area contributed by atoms with Gasteiger partial charge in [-0.2, -0.15) is 0 Å². The third-order valence-electron chi connectivity index (χ3n) is 5.33. The highest BCUT2D eigenvalue weighted by molar-refractivity contribution is 5.80. The second-order valence-electron chi connectivity index (χ2n) is 7.64. The first-order valence-electron chi connectivity index (χ1n) is 9.80. The van der Waals surface area contributed by atoms with Crippen LogP contribution in [0.15, 0.2) is 48.5 Å². The summed E-state index contributed by atoms with van der Waals surface area (Å²) in [4.78, 5) is 25.4. The molecule has 3 rings (SSSR count). The molecular weight excluding hydrogens is 354 g/mol. The highest BCUT2D eigenvalue weighted by Crippen LogP contribution is 2.25. The minimum atomic E-state index is -0.452. The van der Waals surface area contributed by atoms with E-state index in [1.54, 1.807) is 18.2 Å². The Bertz CT molecular complexity index is 835. The van der Waals surface area contributed by atoms with Crippen LogP contribution in [-0.2, 0) is 11.2 Å². The van der Waals surface area contributed by atoms with E-state index in [1.807, 2.05) is 19.1 Å². The molecule has 2 aromatic rings. The van der Waals surface area contributed by atoms with Gasteiger partial charge in [-0.3, -0.25) is 14.9 Å². The average Bonchev–Trinajstić information content (AvgIpc) is 2.68. The highest BCUT2D eigenvalue weighted by atomic mass is 16.6. The Balaban J connectivity index is 1.60. The lowest BCUT2D eigenvalue weighted by molar-refractivity contribution is -0.385. The van der Waals surface area contributed by atoms with Crippen molar-refractivity contribution in [3.8, 4) is 0 Å². The molecule has 0 bridgehead atoms. The second-order valence-corrected chi connectivity index (χ2v) is 7.64. The Morgan fingerprint density at radius 2 is 1.96 bits per heavy atom. The van der Waals surface area contributed by atoms with Crippen molar-refractivity contribution in [3.05, 3.63) is 69.8 Å². The maximum atomic E-state index is 12.4. The zero-order valence-electron chi connectivity index (χ0n) is 16.4. The van der Waals surface area contributed by atoms with Gasteiger partial charge in [0.05, 0.1) is 17.4 Å². The second kappa shape index (κ2) is 8.87. The van der Waals surface area contributed by atoms with E-state index in [0.717, 1.165) is 18.7 Å². The number of nitro benzene ring substituents is 1. The Labute approximate surface area is 165 Å². The minimum absolute atomic E-state index is 0.00869. The van der Waals surface area contributed by atoms with E-state index in [2.05, 4.69) is 29.3 Å². The Hall–Kier alpha value is -2.89. The average molecular weight is 381 g/mol. The lowest BCUT2D eigenvalue weighted by Gasteiger charge is -2.33. The molecule has 1 N–H and O–H groups in total. The number of para-hydroxylation sites is 1. The zero-order valence-corrected chi connectivity index (χ0v) is 16.4. The van der Waals surface area contributed by atoms with Gasteiger partial charge in [-0.15, -0.1) is 0 Å². The van der Waals surface area contributed by atoms with Crippen molar-refractivity contribution in [3.63, 3.8) is 0 Å². The quantitative estimate of drug-likeness (QED) is 0.599. The van der Waals surface area contributed by atoms with E-state index in [4.69, 9.17) is 0 Å². The van der Waals surface area contributed by atoms with Gasteiger partial charge in [-0.1, -0.05) is 37.3 Å². The third kappa shape index (κ3) is 4.88. The fourth-order valence-corrected chi connectivity index (χ4v) is 3.78. The predicted octanol–water partition coefficient (Wildman–Crippen LogP) is 4.25. The number of hydrogen-bond donors (Lipinski definition) is 1. The van der Waals surface area contributed by atoms with Crippen molar-refractivity contribution in [2.75, 3.05) is 18.0 Å². The van der Waals surface area contributed by atoms with E-state index in [1.165, 1.54) is 24.6 Å². The smallest absolute Gasteiger partial charge is 0.273 e. The van der Waals surface area contributed by atoms with Crippen LogP contribution >= 0.6 is 0 Å². The molecule has 0 saturated carbocycles. The lowest BCUT2D eigenvalue weighted by Crippen LogP contribution is -2.34. The molecule has 28 heavy (non-hydrogen) atoms. The van der Waals surface area contributed by atoms with Crippen LogP contribution in [0.25, 0.3) is 0 Å². The summed E-state index contributed by atoms with van der Waals surface area (Å²) in [7, 11) is 0. The summed E-state index contributed by atoms with van der Waals surface area (Å²) < 4.78 is 0. The Morgan fingerprint density at radius 3 is 2.64 bits per heavy atom. The number of hydrogen-bond acceptors (Lipinski definition) is 4. The Morgan fingerprint density at radius 1 is 1.25 bits per heavy atom. The maximum absolute atomic E-state index is 12.4. The molecule has 0 aromatic heterocycles. The number of carbonyl (C=O) groups excluding carboxylic acids is 1. The molecule has 0 aliphatic carbocycles. The molecule has 0 unspecified atom stereocenters. The van der Waals surface area contributed by atoms with Crippen LogP contribution in [-0.4, -0.2) is 23.9 Å². The molecule has 2 atom stereocenters. The molecule has 1 fully saturated rings. The topological polar surface area (TPSA) is 75.5 Å². The molecule has 2 aromatic carbocycles. The fourth-order valence-electron chi connectivity index (χ4n) is 3.78. The van der Waals surface area contributed by atoms with Crippen molar-refractivity contribution in [1.29, 1.82) is 0 Å². The number of piperidine rings is 1. The van der Waals surface area contributed by atoms with E-state index in [0.29, 0.717) is 11.5 Å². The molecule has 1 amide bonds. The number of benzene rings is 2. The molecule has 148 valence electrons. The highest BCUT2D eigenvalue weighted by Gasteiger charge is 2.19. The van der Waals surface area contributed by atoms with E-state index in [-0.39, 0.29) is 24.1 Å². The molecule has 0 spiro atoms. The van der Waals surface area contributed by atoms with Crippen LogP contribution in [0, 0.1) is 16.0 Å². The number of rotatable bonds is 6. The first kappa shape index (κ1) is 19.9. The summed E-state index contributed by atoms with van der Waals surface area (Å²) in [5.74, 6) is 0.490. The van der Waals surface area contributed by atoms with Crippen LogP contribution in [0.1, 0.15) is 43.9 Å². The number of nitrogens with zero attached hydrogens (tertiary/aromatic N) is 2. The molecule has 0 radical (unpaired) electrons. The van der Waals surface area contributed by atoms with Gasteiger partial charge in [0.2, 0.25) is 5.91 Å². The van der Waals surface area contributed by atoms with Crippen molar-refractivity contribution in [1.82, 2.24) is 5.32 Å². The lowest BCUT2D eigenvalue weighted by atomic mass is 9.99. The summed E-state index contributed by atoms with van der Waals surface area (Å²) in [5, 5.41) is 14.0. The number of anilines is 1. The van der Waals surface area contributed by atoms with Crippen LogP contribution < -0.4 is 10.2 Å². The molecule has 6 heteroatoms. The van der Waals surface area contributed by atoms with Gasteiger partial charge in [0.15, 0.2) is 0 Å². The summed E-state index contributed by atoms with van der Waals surface area (Å²) in [6.07, 6.45) is 2.50. The van der Waals surface area contributed by atoms with Crippen LogP contribution in [0.4, 0.5) is 11.4 Å². The van der Waals surface area contributed by atoms with Gasteiger partial charge in [-0.05, 0) is 43.4 Å². The SMILES string of the molecule is C[C@@H]1CCCN(c2ccc([C@@H](C)NC(=O)Cc3ccccc3[N+](=O)[O-])cc2)C1. The summed E-state index contributed by atoms with van der Waals surface area (Å²) in [6, 6.07) is 14.5. The van der Waals surface area contributed by atoms with Gasteiger partial charge >= 0.3 is 0 Å². The van der Waals surface area contributed by atoms with Gasteiger partial charge < -0.3 is 10.2 Å². The van der Waals surface area contributed by atoms with Crippen LogP contribution in [0.5, 0.6) is 0 Å². The van der Waals surface area contributed by atoms with Crippen LogP contribution in [0.3, 0.4) is 0 Å². The van der Waals surface area contributed by atoms with Gasteiger partial charge in [0, 0.05) is 30.4 Å². The van der Waals surface area contributed by atoms with Crippen molar-refractivity contribution >= 4 is 17.3 Å². The minimum Gasteiger partial charge on any atom is -0.371 e. The van der Waals surface area contributed by atoms with Crippen molar-refractivity contribution < 1.29 is 9.72 Å². The number of nitrogens with one attached hydrogen (secondary N) is 1. The standard InChI is InChI=1S/C22H27N3O3/c1-16-6-5-13-24(15-16)20-11-9-18(10-12-20)17(2)23-22(26)14-19-7-3-4-8-21(19)25(27)28/h3-4,7-12,16-17H,5-6,13-15H2,1-2H3,(H,23,26)/t16-,17-/m1/s1. The summed E-state index contributed by atoms with van der Waals surface area (Å²) in [5.41, 5.74) is 2.63. The molecule has 6 nitrogen and oxygen atoms in total. The maximum Gasteiger partial charge on any atom is 0.273 e. The summed E-state index contributed by atoms with van der Waals surface area (Å²) in [6.45, 7) is 6.39. The molecule has 1 aliphatic heterocycles. The van der Waals surface area contributed by atoms with Crippen molar-refractivity contribution in [2.45, 2.75) is 39.2 Å². The largest absolute Gasteiger partial charge is 0.371 e. The van der Waals surface area contributed by atoms with E-state index >= 15 is 0 Å². The first-order valence-corrected chi connectivity index (χ1v) is 9.80. The van der Waals surface area contributed by atoms with Crippen LogP contribution in [0.2, 0.25) is 0 Å². The normalized spacial score (nSPS) is 17.8. The Kier molecular flexibility index (Phi) is 6.29. The monoisotopic (exact) mass is 381 g/mol. The number of amides is 1. The molecular formula is C22H27N3O3. The first-order chi connectivity index (χ1) is 13.4. The number of carbonyl (C=O) groups is 1.